The van der Waals surface area contributed by atoms with Gasteiger partial charge in [0.25, 0.3) is 0 Å². The Balaban J connectivity index is 1.69. The first-order valence-corrected chi connectivity index (χ1v) is 6.82. The van der Waals surface area contributed by atoms with Crippen LogP contribution in [-0.2, 0) is 9.59 Å². The minimum absolute atomic E-state index is 0.0359. The van der Waals surface area contributed by atoms with Gasteiger partial charge in [-0.1, -0.05) is 18.2 Å². The monoisotopic (exact) mass is 277 g/mol. The second-order valence-electron chi connectivity index (χ2n) is 5.00. The summed E-state index contributed by atoms with van der Waals surface area (Å²) < 4.78 is 5.49. The maximum Gasteiger partial charge on any atom is 0.303 e. The van der Waals surface area contributed by atoms with Crippen LogP contribution in [0, 0.1) is 5.92 Å². The highest BCUT2D eigenvalue weighted by Gasteiger charge is 2.27. The van der Waals surface area contributed by atoms with E-state index in [1.807, 2.05) is 30.3 Å². The Morgan fingerprint density at radius 1 is 1.30 bits per heavy atom. The minimum atomic E-state index is -0.795. The highest BCUT2D eigenvalue weighted by atomic mass is 16.5. The van der Waals surface area contributed by atoms with Crippen molar-refractivity contribution in [3.8, 4) is 5.75 Å². The minimum Gasteiger partial charge on any atom is -0.493 e. The van der Waals surface area contributed by atoms with Gasteiger partial charge in [-0.15, -0.1) is 0 Å². The van der Waals surface area contributed by atoms with Crippen molar-refractivity contribution in [1.29, 1.82) is 0 Å². The number of aliphatic carboxylic acids is 1. The Morgan fingerprint density at radius 3 is 2.75 bits per heavy atom. The van der Waals surface area contributed by atoms with E-state index in [9.17, 15) is 9.59 Å². The molecule has 1 aromatic rings. The van der Waals surface area contributed by atoms with Gasteiger partial charge in [0, 0.05) is 19.5 Å². The van der Waals surface area contributed by atoms with Crippen molar-refractivity contribution in [3.63, 3.8) is 0 Å². The van der Waals surface area contributed by atoms with Crippen LogP contribution in [0.5, 0.6) is 5.75 Å². The number of carboxylic acids is 1. The average Bonchev–Trinajstić information content (AvgIpc) is 2.87. The van der Waals surface area contributed by atoms with Crippen LogP contribution in [0.15, 0.2) is 30.3 Å². The third-order valence-corrected chi connectivity index (χ3v) is 3.43. The van der Waals surface area contributed by atoms with Gasteiger partial charge in [0.2, 0.25) is 5.91 Å². The molecule has 1 saturated heterocycles. The fourth-order valence-corrected chi connectivity index (χ4v) is 2.40. The van der Waals surface area contributed by atoms with E-state index in [0.717, 1.165) is 12.2 Å². The lowest BCUT2D eigenvalue weighted by Gasteiger charge is -2.16. The van der Waals surface area contributed by atoms with Crippen molar-refractivity contribution in [1.82, 2.24) is 4.90 Å². The maximum absolute atomic E-state index is 12.0. The number of rotatable bonds is 6. The molecule has 5 heteroatoms. The largest absolute Gasteiger partial charge is 0.493 e. The topological polar surface area (TPSA) is 66.8 Å². The molecule has 5 nitrogen and oxygen atoms in total. The molecule has 108 valence electrons. The number of amides is 1. The van der Waals surface area contributed by atoms with Crippen LogP contribution in [0.25, 0.3) is 0 Å². The molecule has 0 aliphatic carbocycles. The Hall–Kier alpha value is -2.04. The summed E-state index contributed by atoms with van der Waals surface area (Å²) in [6.07, 6.45) is 1.25. The Labute approximate surface area is 118 Å². The number of para-hydroxylation sites is 1. The SMILES string of the molecule is O=C(O)CC1CCN(C(=O)CCOc2ccccc2)C1. The zero-order valence-corrected chi connectivity index (χ0v) is 11.3. The second kappa shape index (κ2) is 6.93. The number of ether oxygens (including phenoxy) is 1. The van der Waals surface area contributed by atoms with E-state index in [-0.39, 0.29) is 18.2 Å². The number of likely N-dealkylation sites (tertiary alicyclic amines) is 1. The molecule has 20 heavy (non-hydrogen) atoms. The molecule has 0 spiro atoms. The van der Waals surface area contributed by atoms with Crippen molar-refractivity contribution < 1.29 is 19.4 Å². The van der Waals surface area contributed by atoms with Gasteiger partial charge >= 0.3 is 5.97 Å². The molecule has 0 saturated carbocycles. The molecule has 1 N–H and O–H groups in total. The summed E-state index contributed by atoms with van der Waals surface area (Å²) in [5.41, 5.74) is 0. The van der Waals surface area contributed by atoms with Gasteiger partial charge in [-0.05, 0) is 24.5 Å². The fraction of sp³-hybridized carbons (Fsp3) is 0.467. The molecule has 0 radical (unpaired) electrons. The number of hydrogen-bond donors (Lipinski definition) is 1. The summed E-state index contributed by atoms with van der Waals surface area (Å²) in [4.78, 5) is 24.3. The molecule has 2 rings (SSSR count). The summed E-state index contributed by atoms with van der Waals surface area (Å²) in [7, 11) is 0. The van der Waals surface area contributed by atoms with E-state index < -0.39 is 5.97 Å². The Bertz CT molecular complexity index is 460. The van der Waals surface area contributed by atoms with Gasteiger partial charge in [0.15, 0.2) is 0 Å². The summed E-state index contributed by atoms with van der Waals surface area (Å²) in [6.45, 7) is 1.56. The zero-order chi connectivity index (χ0) is 14.4. The van der Waals surface area contributed by atoms with Gasteiger partial charge in [0.05, 0.1) is 13.0 Å². The Morgan fingerprint density at radius 2 is 2.05 bits per heavy atom. The molecule has 0 bridgehead atoms. The zero-order valence-electron chi connectivity index (χ0n) is 11.3. The average molecular weight is 277 g/mol. The standard InChI is InChI=1S/C15H19NO4/c17-14(7-9-20-13-4-2-1-3-5-13)16-8-6-12(11-16)10-15(18)19/h1-5,12H,6-11H2,(H,18,19). The highest BCUT2D eigenvalue weighted by Crippen LogP contribution is 2.20. The van der Waals surface area contributed by atoms with E-state index in [1.54, 1.807) is 4.90 Å². The molecule has 1 heterocycles. The predicted molar refractivity (Wildman–Crippen MR) is 73.5 cm³/mol. The van der Waals surface area contributed by atoms with Crippen molar-refractivity contribution >= 4 is 11.9 Å². The molecule has 1 fully saturated rings. The summed E-state index contributed by atoms with van der Waals surface area (Å²) >= 11 is 0. The molecule has 1 aromatic carbocycles. The van der Waals surface area contributed by atoms with Crippen LogP contribution in [0.3, 0.4) is 0 Å². The van der Waals surface area contributed by atoms with Gasteiger partial charge in [-0.2, -0.15) is 0 Å². The first-order valence-electron chi connectivity index (χ1n) is 6.82. The first kappa shape index (κ1) is 14.4. The van der Waals surface area contributed by atoms with E-state index >= 15 is 0 Å². The second-order valence-corrected chi connectivity index (χ2v) is 5.00. The van der Waals surface area contributed by atoms with Crippen molar-refractivity contribution in [2.75, 3.05) is 19.7 Å². The predicted octanol–water partition coefficient (Wildman–Crippen LogP) is 1.78. The van der Waals surface area contributed by atoms with Crippen molar-refractivity contribution in [3.05, 3.63) is 30.3 Å². The number of carbonyl (C=O) groups excluding carboxylic acids is 1. The number of hydrogen-bond acceptors (Lipinski definition) is 3. The number of carboxylic acid groups (broad SMARTS) is 1. The first-order chi connectivity index (χ1) is 9.65. The number of benzene rings is 1. The molecule has 1 aliphatic heterocycles. The third-order valence-electron chi connectivity index (χ3n) is 3.43. The van der Waals surface area contributed by atoms with E-state index in [1.165, 1.54) is 0 Å². The lowest BCUT2D eigenvalue weighted by atomic mass is 10.1. The van der Waals surface area contributed by atoms with Crippen molar-refractivity contribution in [2.45, 2.75) is 19.3 Å². The lowest BCUT2D eigenvalue weighted by molar-refractivity contribution is -0.138. The molecule has 1 amide bonds. The molecular formula is C15H19NO4. The smallest absolute Gasteiger partial charge is 0.303 e. The molecular weight excluding hydrogens is 258 g/mol. The normalized spacial score (nSPS) is 18.0. The van der Waals surface area contributed by atoms with Crippen molar-refractivity contribution in [2.24, 2.45) is 5.92 Å². The van der Waals surface area contributed by atoms with E-state index in [4.69, 9.17) is 9.84 Å². The van der Waals surface area contributed by atoms with Gasteiger partial charge in [-0.3, -0.25) is 9.59 Å². The van der Waals surface area contributed by atoms with Crippen LogP contribution < -0.4 is 4.74 Å². The van der Waals surface area contributed by atoms with Crippen LogP contribution in [-0.4, -0.2) is 41.6 Å². The van der Waals surface area contributed by atoms with Gasteiger partial charge < -0.3 is 14.7 Å². The van der Waals surface area contributed by atoms with Crippen LogP contribution in [0.4, 0.5) is 0 Å². The fourth-order valence-electron chi connectivity index (χ4n) is 2.40. The highest BCUT2D eigenvalue weighted by molar-refractivity contribution is 5.76. The Kier molecular flexibility index (Phi) is 4.98. The van der Waals surface area contributed by atoms with Gasteiger partial charge in [-0.25, -0.2) is 0 Å². The molecule has 1 atom stereocenters. The van der Waals surface area contributed by atoms with Crippen LogP contribution in [0.2, 0.25) is 0 Å². The quantitative estimate of drug-likeness (QED) is 0.860. The molecule has 1 aliphatic rings. The van der Waals surface area contributed by atoms with E-state index in [2.05, 4.69) is 0 Å². The lowest BCUT2D eigenvalue weighted by Crippen LogP contribution is -2.30. The maximum atomic E-state index is 12.0. The van der Waals surface area contributed by atoms with Crippen LogP contribution >= 0.6 is 0 Å². The summed E-state index contributed by atoms with van der Waals surface area (Å²) in [6, 6.07) is 9.37. The van der Waals surface area contributed by atoms with E-state index in [0.29, 0.717) is 26.1 Å². The number of nitrogens with zero attached hydrogens (tertiary/aromatic N) is 1. The number of carbonyl (C=O) groups is 2. The van der Waals surface area contributed by atoms with Crippen LogP contribution in [0.1, 0.15) is 19.3 Å². The molecule has 1 unspecified atom stereocenters. The summed E-state index contributed by atoms with van der Waals surface area (Å²) in [5.74, 6) is 0.0856. The summed E-state index contributed by atoms with van der Waals surface area (Å²) in [5, 5.41) is 8.74. The third kappa shape index (κ3) is 4.26. The molecule has 0 aromatic heterocycles. The van der Waals surface area contributed by atoms with Gasteiger partial charge in [0.1, 0.15) is 5.75 Å².